The molecule has 1 heterocycles. The van der Waals surface area contributed by atoms with Crippen molar-refractivity contribution in [2.75, 3.05) is 0 Å². The van der Waals surface area contributed by atoms with Crippen molar-refractivity contribution in [2.24, 2.45) is 0 Å². The van der Waals surface area contributed by atoms with E-state index < -0.39 is 23.7 Å². The van der Waals surface area contributed by atoms with E-state index in [0.717, 1.165) is 27.5 Å². The van der Waals surface area contributed by atoms with Gasteiger partial charge in [-0.15, -0.1) is 0 Å². The SMILES string of the molecule is Cc1cc(OC(=O)[C@H](Cc2ccc(Cl)cc2)NC(=O)OCc2ccccc2)cc2oc(=O)c3ccccc3c12. The molecule has 8 heteroatoms. The second kappa shape index (κ2) is 11.4. The number of rotatable bonds is 7. The molecule has 7 nitrogen and oxygen atoms in total. The summed E-state index contributed by atoms with van der Waals surface area (Å²) >= 11 is 6.00. The molecule has 39 heavy (non-hydrogen) atoms. The van der Waals surface area contributed by atoms with Gasteiger partial charge in [-0.1, -0.05) is 72.3 Å². The smallest absolute Gasteiger partial charge is 0.408 e. The van der Waals surface area contributed by atoms with E-state index in [4.69, 9.17) is 25.5 Å². The average molecular weight is 542 g/mol. The van der Waals surface area contributed by atoms with Gasteiger partial charge in [-0.05, 0) is 47.9 Å². The number of esters is 1. The Morgan fingerprint density at radius 2 is 1.59 bits per heavy atom. The summed E-state index contributed by atoms with van der Waals surface area (Å²) in [6.45, 7) is 1.89. The van der Waals surface area contributed by atoms with Crippen LogP contribution < -0.4 is 15.7 Å². The second-order valence-corrected chi connectivity index (χ2v) is 9.50. The lowest BCUT2D eigenvalue weighted by molar-refractivity contribution is -0.136. The predicted octanol–water partition coefficient (Wildman–Crippen LogP) is 6.35. The molecule has 0 aliphatic heterocycles. The van der Waals surface area contributed by atoms with E-state index in [1.54, 1.807) is 42.5 Å². The molecule has 1 amide bonds. The molecule has 0 aliphatic rings. The first-order valence-corrected chi connectivity index (χ1v) is 12.6. The molecular formula is C31H24ClNO6. The van der Waals surface area contributed by atoms with Crippen molar-refractivity contribution in [1.29, 1.82) is 0 Å². The molecule has 0 fully saturated rings. The van der Waals surface area contributed by atoms with Crippen molar-refractivity contribution in [3.8, 4) is 5.75 Å². The average Bonchev–Trinajstić information content (AvgIpc) is 2.93. The standard InChI is InChI=1S/C31H24ClNO6/c1-19-15-23(17-27-28(19)24-9-5-6-10-25(24)29(34)39-27)38-30(35)26(16-20-11-13-22(32)14-12-20)33-31(36)37-18-21-7-3-2-4-8-21/h2-15,17,26H,16,18H2,1H3,(H,33,36)/t26-/m0/s1. The van der Waals surface area contributed by atoms with Gasteiger partial charge in [0.2, 0.25) is 0 Å². The summed E-state index contributed by atoms with van der Waals surface area (Å²) in [5, 5.41) is 5.14. The molecule has 1 N–H and O–H groups in total. The first-order valence-electron chi connectivity index (χ1n) is 12.3. The molecule has 0 unspecified atom stereocenters. The maximum absolute atomic E-state index is 13.3. The summed E-state index contributed by atoms with van der Waals surface area (Å²) in [6, 6.07) is 25.4. The molecule has 5 aromatic rings. The Hall–Kier alpha value is -4.62. The molecule has 0 spiro atoms. The van der Waals surface area contributed by atoms with E-state index in [-0.39, 0.29) is 18.8 Å². The van der Waals surface area contributed by atoms with Crippen molar-refractivity contribution >= 4 is 45.4 Å². The number of carbonyl (C=O) groups is 2. The van der Waals surface area contributed by atoms with Gasteiger partial charge in [-0.3, -0.25) is 0 Å². The number of fused-ring (bicyclic) bond motifs is 3. The Kier molecular flexibility index (Phi) is 7.61. The topological polar surface area (TPSA) is 94.8 Å². The number of hydrogen-bond acceptors (Lipinski definition) is 6. The maximum atomic E-state index is 13.3. The van der Waals surface area contributed by atoms with Crippen LogP contribution in [0.25, 0.3) is 21.7 Å². The van der Waals surface area contributed by atoms with Gasteiger partial charge in [0, 0.05) is 28.3 Å². The number of hydrogen-bond donors (Lipinski definition) is 1. The van der Waals surface area contributed by atoms with Crippen molar-refractivity contribution in [3.63, 3.8) is 0 Å². The number of amides is 1. The molecule has 1 aromatic heterocycles. The van der Waals surface area contributed by atoms with Crippen molar-refractivity contribution in [1.82, 2.24) is 5.32 Å². The maximum Gasteiger partial charge on any atom is 0.408 e. The van der Waals surface area contributed by atoms with E-state index in [0.29, 0.717) is 16.0 Å². The van der Waals surface area contributed by atoms with Gasteiger partial charge in [0.1, 0.15) is 24.0 Å². The van der Waals surface area contributed by atoms with Gasteiger partial charge in [0.05, 0.1) is 5.39 Å². The Morgan fingerprint density at radius 1 is 0.897 bits per heavy atom. The summed E-state index contributed by atoms with van der Waals surface area (Å²) in [5.74, 6) is -0.521. The van der Waals surface area contributed by atoms with Gasteiger partial charge in [-0.2, -0.15) is 0 Å². The summed E-state index contributed by atoms with van der Waals surface area (Å²) in [4.78, 5) is 38.4. The molecule has 0 radical (unpaired) electrons. The molecule has 4 aromatic carbocycles. The minimum absolute atomic E-state index is 0.0479. The quantitative estimate of drug-likeness (QED) is 0.112. The highest BCUT2D eigenvalue weighted by Gasteiger charge is 2.25. The third-order valence-corrected chi connectivity index (χ3v) is 6.50. The summed E-state index contributed by atoms with van der Waals surface area (Å²) in [6.07, 6.45) is -0.621. The van der Waals surface area contributed by atoms with Crippen LogP contribution in [0.1, 0.15) is 16.7 Å². The highest BCUT2D eigenvalue weighted by atomic mass is 35.5. The third-order valence-electron chi connectivity index (χ3n) is 6.25. The Morgan fingerprint density at radius 3 is 2.33 bits per heavy atom. The number of ether oxygens (including phenoxy) is 2. The lowest BCUT2D eigenvalue weighted by Gasteiger charge is -2.18. The fourth-order valence-electron chi connectivity index (χ4n) is 4.39. The third kappa shape index (κ3) is 6.10. The Labute approximate surface area is 228 Å². The van der Waals surface area contributed by atoms with E-state index in [1.165, 1.54) is 6.07 Å². The predicted molar refractivity (Wildman–Crippen MR) is 149 cm³/mol. The molecule has 196 valence electrons. The Balaban J connectivity index is 1.39. The minimum atomic E-state index is -1.06. The first-order chi connectivity index (χ1) is 18.9. The fraction of sp³-hybridized carbons (Fsp3) is 0.129. The Bertz CT molecular complexity index is 1710. The highest BCUT2D eigenvalue weighted by molar-refractivity contribution is 6.30. The van der Waals surface area contributed by atoms with E-state index in [2.05, 4.69) is 5.32 Å². The monoisotopic (exact) mass is 541 g/mol. The van der Waals surface area contributed by atoms with Gasteiger partial charge < -0.3 is 19.2 Å². The fourth-order valence-corrected chi connectivity index (χ4v) is 4.51. The van der Waals surface area contributed by atoms with Crippen molar-refractivity contribution in [2.45, 2.75) is 26.0 Å². The van der Waals surface area contributed by atoms with Crippen molar-refractivity contribution in [3.05, 3.63) is 123 Å². The van der Waals surface area contributed by atoms with Crippen LogP contribution >= 0.6 is 11.6 Å². The van der Waals surface area contributed by atoms with Crippen LogP contribution in [-0.2, 0) is 22.6 Å². The largest absolute Gasteiger partial charge is 0.445 e. The lowest BCUT2D eigenvalue weighted by Crippen LogP contribution is -2.44. The van der Waals surface area contributed by atoms with Crippen molar-refractivity contribution < 1.29 is 23.5 Å². The summed E-state index contributed by atoms with van der Waals surface area (Å²) in [5.41, 5.74) is 2.15. The minimum Gasteiger partial charge on any atom is -0.445 e. The van der Waals surface area contributed by atoms with Crippen LogP contribution in [0, 0.1) is 6.92 Å². The van der Waals surface area contributed by atoms with Gasteiger partial charge in [0.25, 0.3) is 0 Å². The molecular weight excluding hydrogens is 518 g/mol. The lowest BCUT2D eigenvalue weighted by atomic mass is 10.0. The molecule has 0 saturated heterocycles. The number of halogens is 1. The molecule has 5 rings (SSSR count). The van der Waals surface area contributed by atoms with E-state index in [9.17, 15) is 14.4 Å². The number of nitrogens with one attached hydrogen (secondary N) is 1. The summed E-state index contributed by atoms with van der Waals surface area (Å²) < 4.78 is 16.5. The molecule has 0 aliphatic carbocycles. The van der Waals surface area contributed by atoms with Gasteiger partial charge in [-0.25, -0.2) is 14.4 Å². The normalized spacial score (nSPS) is 11.7. The number of alkyl carbamates (subject to hydrolysis) is 1. The van der Waals surface area contributed by atoms with Crippen LogP contribution in [0.3, 0.4) is 0 Å². The van der Waals surface area contributed by atoms with E-state index >= 15 is 0 Å². The van der Waals surface area contributed by atoms with Crippen LogP contribution in [0.15, 0.2) is 100 Å². The van der Waals surface area contributed by atoms with Crippen LogP contribution in [0.4, 0.5) is 4.79 Å². The van der Waals surface area contributed by atoms with Crippen LogP contribution in [0.2, 0.25) is 5.02 Å². The number of carbonyl (C=O) groups excluding carboxylic acids is 2. The first kappa shape index (κ1) is 26.0. The molecule has 0 bridgehead atoms. The van der Waals surface area contributed by atoms with E-state index in [1.807, 2.05) is 49.4 Å². The van der Waals surface area contributed by atoms with Crippen LogP contribution in [0.5, 0.6) is 5.75 Å². The zero-order valence-electron chi connectivity index (χ0n) is 21.0. The molecule has 1 atom stereocenters. The summed E-state index contributed by atoms with van der Waals surface area (Å²) in [7, 11) is 0. The van der Waals surface area contributed by atoms with Gasteiger partial charge >= 0.3 is 17.7 Å². The molecule has 0 saturated carbocycles. The number of aryl methyl sites for hydroxylation is 1. The number of benzene rings is 4. The van der Waals surface area contributed by atoms with Gasteiger partial charge in [0.15, 0.2) is 0 Å². The zero-order valence-corrected chi connectivity index (χ0v) is 21.7. The highest BCUT2D eigenvalue weighted by Crippen LogP contribution is 2.30. The zero-order chi connectivity index (χ0) is 27.4. The second-order valence-electron chi connectivity index (χ2n) is 9.06. The van der Waals surface area contributed by atoms with Crippen LogP contribution in [-0.4, -0.2) is 18.1 Å².